The maximum Gasteiger partial charge on any atom is 0.313 e. The second-order valence-electron chi connectivity index (χ2n) is 1.73. The summed E-state index contributed by atoms with van der Waals surface area (Å²) in [5.74, 6) is 0.229. The third-order valence-corrected chi connectivity index (χ3v) is 1.78. The van der Waals surface area contributed by atoms with Crippen molar-refractivity contribution in [2.24, 2.45) is 0 Å². The number of hydrogen-bond acceptors (Lipinski definition) is 5. The standard InChI is InChI=1S/C5H6N2O3S/c8-5(9)2-11-1-4-6-3-10-7-4/h3H,1-2H2,(H,8,9). The van der Waals surface area contributed by atoms with Gasteiger partial charge in [-0.25, -0.2) is 0 Å². The molecule has 0 aliphatic carbocycles. The topological polar surface area (TPSA) is 76.2 Å². The first-order valence-corrected chi connectivity index (χ1v) is 3.99. The number of nitrogens with zero attached hydrogens (tertiary/aromatic N) is 2. The Balaban J connectivity index is 2.19. The van der Waals surface area contributed by atoms with E-state index < -0.39 is 5.97 Å². The van der Waals surface area contributed by atoms with Crippen molar-refractivity contribution in [1.82, 2.24) is 10.1 Å². The summed E-state index contributed by atoms with van der Waals surface area (Å²) in [7, 11) is 0. The van der Waals surface area contributed by atoms with Gasteiger partial charge in [-0.1, -0.05) is 5.16 Å². The molecule has 0 unspecified atom stereocenters. The van der Waals surface area contributed by atoms with Crippen LogP contribution in [-0.2, 0) is 10.5 Å². The molecule has 60 valence electrons. The molecule has 0 aliphatic heterocycles. The van der Waals surface area contributed by atoms with Crippen molar-refractivity contribution in [2.75, 3.05) is 5.75 Å². The lowest BCUT2D eigenvalue weighted by Crippen LogP contribution is -1.98. The summed E-state index contributed by atoms with van der Waals surface area (Å²) in [6.07, 6.45) is 1.22. The normalized spacial score (nSPS) is 9.82. The Morgan fingerprint density at radius 3 is 3.18 bits per heavy atom. The number of carboxylic acid groups (broad SMARTS) is 1. The molecule has 0 atom stereocenters. The van der Waals surface area contributed by atoms with Crippen LogP contribution in [0.1, 0.15) is 5.82 Å². The van der Waals surface area contributed by atoms with Gasteiger partial charge in [0.1, 0.15) is 0 Å². The van der Waals surface area contributed by atoms with Gasteiger partial charge in [0, 0.05) is 0 Å². The lowest BCUT2D eigenvalue weighted by atomic mass is 10.7. The Morgan fingerprint density at radius 2 is 2.64 bits per heavy atom. The highest BCUT2D eigenvalue weighted by Gasteiger charge is 2.00. The van der Waals surface area contributed by atoms with Crippen LogP contribution in [0.3, 0.4) is 0 Å². The summed E-state index contributed by atoms with van der Waals surface area (Å²) in [6.45, 7) is 0. The maximum atomic E-state index is 10.0. The van der Waals surface area contributed by atoms with E-state index in [1.54, 1.807) is 0 Å². The molecular weight excluding hydrogens is 168 g/mol. The summed E-state index contributed by atoms with van der Waals surface area (Å²) in [6, 6.07) is 0. The minimum atomic E-state index is -0.835. The first kappa shape index (κ1) is 8.06. The van der Waals surface area contributed by atoms with Gasteiger partial charge < -0.3 is 9.63 Å². The Bertz CT molecular complexity index is 224. The molecule has 0 radical (unpaired) electrons. The summed E-state index contributed by atoms with van der Waals surface area (Å²) in [4.78, 5) is 13.8. The Morgan fingerprint density at radius 1 is 1.82 bits per heavy atom. The highest BCUT2D eigenvalue weighted by molar-refractivity contribution is 7.99. The number of carbonyl (C=O) groups is 1. The number of rotatable bonds is 4. The maximum absolute atomic E-state index is 10.0. The van der Waals surface area contributed by atoms with Gasteiger partial charge in [0.25, 0.3) is 0 Å². The van der Waals surface area contributed by atoms with E-state index in [1.807, 2.05) is 0 Å². The Kier molecular flexibility index (Phi) is 2.91. The zero-order valence-corrected chi connectivity index (χ0v) is 6.37. The van der Waals surface area contributed by atoms with Crippen molar-refractivity contribution in [1.29, 1.82) is 0 Å². The smallest absolute Gasteiger partial charge is 0.313 e. The zero-order chi connectivity index (χ0) is 8.10. The molecule has 0 bridgehead atoms. The zero-order valence-electron chi connectivity index (χ0n) is 5.56. The molecule has 5 nitrogen and oxygen atoms in total. The molecule has 1 heterocycles. The van der Waals surface area contributed by atoms with Gasteiger partial charge in [-0.3, -0.25) is 4.79 Å². The van der Waals surface area contributed by atoms with E-state index in [9.17, 15) is 4.79 Å². The van der Waals surface area contributed by atoms with Crippen LogP contribution in [0, 0.1) is 0 Å². The van der Waals surface area contributed by atoms with Crippen LogP contribution in [0.4, 0.5) is 0 Å². The van der Waals surface area contributed by atoms with Crippen LogP contribution in [-0.4, -0.2) is 27.0 Å². The molecule has 1 aromatic heterocycles. The molecule has 1 rings (SSSR count). The third-order valence-electron chi connectivity index (χ3n) is 0.864. The van der Waals surface area contributed by atoms with E-state index >= 15 is 0 Å². The highest BCUT2D eigenvalue weighted by atomic mass is 32.2. The van der Waals surface area contributed by atoms with Crippen LogP contribution in [0.5, 0.6) is 0 Å². The molecule has 0 aliphatic rings. The predicted octanol–water partition coefficient (Wildman–Crippen LogP) is 0.387. The van der Waals surface area contributed by atoms with Crippen LogP contribution in [0.2, 0.25) is 0 Å². The number of aliphatic carboxylic acids is 1. The number of aromatic nitrogens is 2. The van der Waals surface area contributed by atoms with Gasteiger partial charge in [-0.05, 0) is 0 Å². The first-order valence-electron chi connectivity index (χ1n) is 2.84. The molecule has 0 saturated carbocycles. The third kappa shape index (κ3) is 3.03. The number of carboxylic acids is 1. The fraction of sp³-hybridized carbons (Fsp3) is 0.400. The van der Waals surface area contributed by atoms with Crippen molar-refractivity contribution in [2.45, 2.75) is 5.75 Å². The fourth-order valence-corrected chi connectivity index (χ4v) is 1.07. The van der Waals surface area contributed by atoms with Crippen molar-refractivity contribution in [3.63, 3.8) is 0 Å². The molecule has 0 spiro atoms. The predicted molar refractivity (Wildman–Crippen MR) is 38.1 cm³/mol. The molecule has 11 heavy (non-hydrogen) atoms. The highest BCUT2D eigenvalue weighted by Crippen LogP contribution is 2.06. The minimum Gasteiger partial charge on any atom is -0.481 e. The molecule has 1 aromatic rings. The van der Waals surface area contributed by atoms with E-state index in [2.05, 4.69) is 14.7 Å². The van der Waals surface area contributed by atoms with Crippen LogP contribution in [0.15, 0.2) is 10.9 Å². The van der Waals surface area contributed by atoms with Gasteiger partial charge in [-0.2, -0.15) is 4.98 Å². The lowest BCUT2D eigenvalue weighted by molar-refractivity contribution is -0.133. The summed E-state index contributed by atoms with van der Waals surface area (Å²) in [5.41, 5.74) is 0. The van der Waals surface area contributed by atoms with Crippen LogP contribution < -0.4 is 0 Å². The molecule has 1 N–H and O–H groups in total. The van der Waals surface area contributed by atoms with E-state index in [4.69, 9.17) is 5.11 Å². The van der Waals surface area contributed by atoms with Gasteiger partial charge >= 0.3 is 5.97 Å². The first-order chi connectivity index (χ1) is 5.29. The summed E-state index contributed by atoms with van der Waals surface area (Å²) < 4.78 is 4.45. The van der Waals surface area contributed by atoms with Crippen LogP contribution in [0.25, 0.3) is 0 Å². The second kappa shape index (κ2) is 3.97. The molecule has 0 aromatic carbocycles. The van der Waals surface area contributed by atoms with Gasteiger partial charge in [0.05, 0.1) is 11.5 Å². The van der Waals surface area contributed by atoms with Gasteiger partial charge in [-0.15, -0.1) is 11.8 Å². The monoisotopic (exact) mass is 174 g/mol. The molecular formula is C5H6N2O3S. The van der Waals surface area contributed by atoms with Gasteiger partial charge in [0.2, 0.25) is 6.39 Å². The second-order valence-corrected chi connectivity index (χ2v) is 2.72. The van der Waals surface area contributed by atoms with E-state index in [-0.39, 0.29) is 5.75 Å². The summed E-state index contributed by atoms with van der Waals surface area (Å²) >= 11 is 1.23. The lowest BCUT2D eigenvalue weighted by Gasteiger charge is -1.90. The van der Waals surface area contributed by atoms with Crippen molar-refractivity contribution < 1.29 is 14.4 Å². The molecule has 0 amide bonds. The Labute approximate surface area is 66.8 Å². The minimum absolute atomic E-state index is 0.0640. The van der Waals surface area contributed by atoms with E-state index in [0.717, 1.165) is 0 Å². The van der Waals surface area contributed by atoms with Gasteiger partial charge in [0.15, 0.2) is 5.82 Å². The largest absolute Gasteiger partial charge is 0.481 e. The number of hydrogen-bond donors (Lipinski definition) is 1. The van der Waals surface area contributed by atoms with Crippen molar-refractivity contribution in [3.05, 3.63) is 12.2 Å². The number of thioether (sulfide) groups is 1. The van der Waals surface area contributed by atoms with Crippen LogP contribution >= 0.6 is 11.8 Å². The van der Waals surface area contributed by atoms with Crippen molar-refractivity contribution >= 4 is 17.7 Å². The molecule has 6 heteroatoms. The molecule has 0 fully saturated rings. The SMILES string of the molecule is O=C(O)CSCc1ncon1. The molecule has 0 saturated heterocycles. The van der Waals surface area contributed by atoms with E-state index in [0.29, 0.717) is 11.6 Å². The summed E-state index contributed by atoms with van der Waals surface area (Å²) in [5, 5.41) is 11.8. The fourth-order valence-electron chi connectivity index (χ4n) is 0.486. The van der Waals surface area contributed by atoms with Crippen molar-refractivity contribution in [3.8, 4) is 0 Å². The average Bonchev–Trinajstić information content (AvgIpc) is 2.39. The quantitative estimate of drug-likeness (QED) is 0.711. The average molecular weight is 174 g/mol. The Hall–Kier alpha value is -1.04. The van der Waals surface area contributed by atoms with E-state index in [1.165, 1.54) is 18.2 Å².